The molecule has 1 aromatic carbocycles. The fourth-order valence-electron chi connectivity index (χ4n) is 1.44. The minimum atomic E-state index is 0. The summed E-state index contributed by atoms with van der Waals surface area (Å²) in [5.41, 5.74) is 1.08. The third-order valence-corrected chi connectivity index (χ3v) is 2.14. The Hall–Kier alpha value is -1.42. The Labute approximate surface area is 95.0 Å². The van der Waals surface area contributed by atoms with Crippen LogP contribution < -0.4 is 23.0 Å². The molecule has 15 heavy (non-hydrogen) atoms. The molecule has 1 fully saturated rings. The van der Waals surface area contributed by atoms with Gasteiger partial charge in [0.25, 0.3) is 0 Å². The van der Waals surface area contributed by atoms with Gasteiger partial charge in [0.2, 0.25) is 0 Å². The van der Waals surface area contributed by atoms with Crippen LogP contribution in [0.2, 0.25) is 0 Å². The zero-order chi connectivity index (χ0) is 9.80. The van der Waals surface area contributed by atoms with Crippen molar-refractivity contribution in [3.8, 4) is 0 Å². The molecular weight excluding hydrogens is 214 g/mol. The first-order chi connectivity index (χ1) is 6.86. The molecule has 0 radical (unpaired) electrons. The average molecular weight is 228 g/mol. The third-order valence-electron chi connectivity index (χ3n) is 2.14. The summed E-state index contributed by atoms with van der Waals surface area (Å²) in [5, 5.41) is 15.8. The Balaban J connectivity index is 0.00000112. The van der Waals surface area contributed by atoms with Crippen LogP contribution in [0.5, 0.6) is 0 Å². The Bertz CT molecular complexity index is 332. The van der Waals surface area contributed by atoms with Gasteiger partial charge in [0, 0.05) is 0 Å². The summed E-state index contributed by atoms with van der Waals surface area (Å²) in [6.45, 7) is 2.22. The molecule has 0 atom stereocenters. The first-order valence-electron chi connectivity index (χ1n) is 4.71. The van der Waals surface area contributed by atoms with Gasteiger partial charge < -0.3 is 17.6 Å². The number of nitrogens with one attached hydrogen (secondary N) is 2. The second kappa shape index (κ2) is 5.46. The van der Waals surface area contributed by atoms with Crippen LogP contribution in [0.4, 0.5) is 0 Å². The van der Waals surface area contributed by atoms with Gasteiger partial charge in [-0.15, -0.1) is 0 Å². The lowest BCUT2D eigenvalue weighted by molar-refractivity contribution is -0.788. The molecule has 5 heteroatoms. The summed E-state index contributed by atoms with van der Waals surface area (Å²) in [4.78, 5) is 0. The molecule has 0 unspecified atom stereocenters. The van der Waals surface area contributed by atoms with Crippen LogP contribution in [-0.4, -0.2) is 29.0 Å². The molecule has 0 bridgehead atoms. The van der Waals surface area contributed by atoms with E-state index < -0.39 is 0 Å². The first-order valence-corrected chi connectivity index (χ1v) is 4.71. The van der Waals surface area contributed by atoms with Gasteiger partial charge in [-0.1, -0.05) is 35.1 Å². The minimum Gasteiger partial charge on any atom is -1.00 e. The van der Waals surface area contributed by atoms with E-state index in [2.05, 4.69) is 10.6 Å². The van der Waals surface area contributed by atoms with Crippen LogP contribution >= 0.6 is 0 Å². The van der Waals surface area contributed by atoms with Crippen molar-refractivity contribution in [2.75, 3.05) is 13.1 Å². The minimum absolute atomic E-state index is 0. The molecule has 2 rings (SSSR count). The molecule has 1 aliphatic heterocycles. The smallest absolute Gasteiger partial charge is 0.382 e. The van der Waals surface area contributed by atoms with Gasteiger partial charge in [0.05, 0.1) is 13.1 Å². The topological polar surface area (TPSA) is 47.3 Å². The quantitative estimate of drug-likeness (QED) is 0.290. The Morgan fingerprint density at radius 2 is 1.73 bits per heavy atom. The first kappa shape index (κ1) is 11.7. The van der Waals surface area contributed by atoms with E-state index >= 15 is 0 Å². The number of halogens is 1. The average Bonchev–Trinajstić information content (AvgIpc) is 2.72. The maximum atomic E-state index is 9.67. The van der Waals surface area contributed by atoms with Crippen LogP contribution in [0.3, 0.4) is 0 Å². The molecule has 1 saturated heterocycles. The lowest BCUT2D eigenvalue weighted by atomic mass is 10.2. The number of rotatable bonds is 2. The number of hydrogen-bond acceptors (Lipinski definition) is 1. The highest BCUT2D eigenvalue weighted by Gasteiger charge is 2.17. The van der Waals surface area contributed by atoms with E-state index in [1.54, 1.807) is 0 Å². The van der Waals surface area contributed by atoms with Crippen LogP contribution in [0.1, 0.15) is 5.56 Å². The van der Waals surface area contributed by atoms with Gasteiger partial charge in [-0.2, -0.15) is 0 Å². The van der Waals surface area contributed by atoms with Crippen LogP contribution in [0.25, 0.3) is 0 Å². The third kappa shape index (κ3) is 3.02. The van der Waals surface area contributed by atoms with Crippen molar-refractivity contribution in [1.82, 2.24) is 10.6 Å². The number of benzene rings is 1. The summed E-state index contributed by atoms with van der Waals surface area (Å²) >= 11 is 0. The highest BCUT2D eigenvalue weighted by Crippen LogP contribution is 1.99. The number of hydroxylamine groups is 1. The monoisotopic (exact) mass is 227 g/mol. The van der Waals surface area contributed by atoms with Crippen molar-refractivity contribution in [2.24, 2.45) is 0 Å². The SMILES string of the molecule is O[N+](Cc1ccccc1)=C1NCCN1.[Cl-]. The van der Waals surface area contributed by atoms with E-state index in [1.165, 1.54) is 4.74 Å². The maximum Gasteiger partial charge on any atom is 0.382 e. The molecule has 0 amide bonds. The molecule has 1 aromatic rings. The van der Waals surface area contributed by atoms with Crippen molar-refractivity contribution in [3.63, 3.8) is 0 Å². The molecule has 0 saturated carbocycles. The molecular formula is C10H14ClN3O. The Morgan fingerprint density at radius 1 is 1.13 bits per heavy atom. The second-order valence-corrected chi connectivity index (χ2v) is 3.25. The van der Waals surface area contributed by atoms with E-state index in [-0.39, 0.29) is 12.4 Å². The van der Waals surface area contributed by atoms with Crippen molar-refractivity contribution >= 4 is 5.96 Å². The Kier molecular flexibility index (Phi) is 4.24. The largest absolute Gasteiger partial charge is 1.00 e. The lowest BCUT2D eigenvalue weighted by Gasteiger charge is -2.02. The normalized spacial score (nSPS) is 13.7. The standard InChI is InChI=1S/C10H13N3O.ClH/c14-13(10-11-6-7-12-10)8-9-4-2-1-3-5-9;/h1-5,14H,6-8H2,(H,11,12);1H. The molecule has 4 nitrogen and oxygen atoms in total. The lowest BCUT2D eigenvalue weighted by Crippen LogP contribution is -3.00. The predicted molar refractivity (Wildman–Crippen MR) is 53.2 cm³/mol. The highest BCUT2D eigenvalue weighted by molar-refractivity contribution is 5.76. The number of nitrogens with zero attached hydrogens (tertiary/aromatic N) is 1. The molecule has 0 aromatic heterocycles. The summed E-state index contributed by atoms with van der Waals surface area (Å²) in [5.74, 6) is 0.689. The molecule has 0 aliphatic carbocycles. The Morgan fingerprint density at radius 3 is 2.33 bits per heavy atom. The van der Waals surface area contributed by atoms with E-state index in [1.807, 2.05) is 30.3 Å². The van der Waals surface area contributed by atoms with Gasteiger partial charge in [-0.05, 0) is 5.56 Å². The van der Waals surface area contributed by atoms with Crippen LogP contribution in [0, 0.1) is 0 Å². The fraction of sp³-hybridized carbons (Fsp3) is 0.300. The van der Waals surface area contributed by atoms with E-state index in [0.29, 0.717) is 12.5 Å². The number of hydrogen-bond donors (Lipinski definition) is 3. The predicted octanol–water partition coefficient (Wildman–Crippen LogP) is -2.86. The molecule has 82 valence electrons. The van der Waals surface area contributed by atoms with Crippen molar-refractivity contribution in [3.05, 3.63) is 35.9 Å². The highest BCUT2D eigenvalue weighted by atomic mass is 35.5. The van der Waals surface area contributed by atoms with E-state index in [0.717, 1.165) is 18.7 Å². The molecule has 0 spiro atoms. The van der Waals surface area contributed by atoms with E-state index in [9.17, 15) is 5.21 Å². The van der Waals surface area contributed by atoms with Gasteiger partial charge in [-0.25, -0.2) is 0 Å². The zero-order valence-corrected chi connectivity index (χ0v) is 9.04. The fourth-order valence-corrected chi connectivity index (χ4v) is 1.44. The van der Waals surface area contributed by atoms with Gasteiger partial charge in [0.1, 0.15) is 6.54 Å². The molecule has 1 aliphatic rings. The van der Waals surface area contributed by atoms with Gasteiger partial charge >= 0.3 is 5.96 Å². The summed E-state index contributed by atoms with van der Waals surface area (Å²) in [7, 11) is 0. The van der Waals surface area contributed by atoms with Gasteiger partial charge in [0.15, 0.2) is 0 Å². The van der Waals surface area contributed by atoms with E-state index in [4.69, 9.17) is 0 Å². The second-order valence-electron chi connectivity index (χ2n) is 3.25. The van der Waals surface area contributed by atoms with Crippen molar-refractivity contribution < 1.29 is 22.4 Å². The number of guanidine groups is 1. The summed E-state index contributed by atoms with van der Waals surface area (Å²) in [6.07, 6.45) is 0. The zero-order valence-electron chi connectivity index (χ0n) is 8.28. The summed E-state index contributed by atoms with van der Waals surface area (Å²) < 4.78 is 1.20. The van der Waals surface area contributed by atoms with Gasteiger partial charge in [-0.3, -0.25) is 10.6 Å². The summed E-state index contributed by atoms with van der Waals surface area (Å²) in [6, 6.07) is 9.86. The van der Waals surface area contributed by atoms with Crippen molar-refractivity contribution in [1.29, 1.82) is 0 Å². The maximum absolute atomic E-state index is 9.67. The van der Waals surface area contributed by atoms with Crippen LogP contribution in [0.15, 0.2) is 30.3 Å². The molecule has 3 N–H and O–H groups in total. The van der Waals surface area contributed by atoms with Crippen LogP contribution in [-0.2, 0) is 6.54 Å². The van der Waals surface area contributed by atoms with Crippen molar-refractivity contribution in [2.45, 2.75) is 6.54 Å². The molecule has 1 heterocycles.